The van der Waals surface area contributed by atoms with Gasteiger partial charge in [-0.1, -0.05) is 6.07 Å². The number of amides is 1. The van der Waals surface area contributed by atoms with Gasteiger partial charge in [0.2, 0.25) is 16.0 Å². The first-order valence-electron chi connectivity index (χ1n) is 9.10. The zero-order valence-electron chi connectivity index (χ0n) is 15.6. The number of nitrogens with zero attached hydrogens (tertiary/aromatic N) is 4. The molecule has 1 aliphatic rings. The topological polar surface area (TPSA) is 95.5 Å². The number of carbonyl (C=O) groups excluding carboxylic acids is 1. The number of nitrogens with one attached hydrogen (secondary N) is 1. The number of benzene rings is 1. The van der Waals surface area contributed by atoms with Crippen molar-refractivity contribution in [1.82, 2.24) is 19.6 Å². The van der Waals surface area contributed by atoms with Crippen LogP contribution in [0.1, 0.15) is 16.8 Å². The molecule has 0 radical (unpaired) electrons. The molecule has 1 aromatic heterocycles. The molecule has 1 aromatic carbocycles. The van der Waals surface area contributed by atoms with E-state index >= 15 is 0 Å². The molecule has 0 saturated carbocycles. The lowest BCUT2D eigenvalue weighted by molar-refractivity contribution is 0.0945. The highest BCUT2D eigenvalue weighted by Crippen LogP contribution is 2.14. The van der Waals surface area contributed by atoms with E-state index in [4.69, 9.17) is 0 Å². The minimum absolute atomic E-state index is 0.0103. The first kappa shape index (κ1) is 21.1. The highest BCUT2D eigenvalue weighted by molar-refractivity contribution is 7.89. The smallest absolute Gasteiger partial charge is 0.257 e. The fourth-order valence-electron chi connectivity index (χ4n) is 3.01. The zero-order chi connectivity index (χ0) is 20.9. The van der Waals surface area contributed by atoms with E-state index in [1.807, 2.05) is 4.90 Å². The number of hydrogen-bond donors (Lipinski definition) is 1. The zero-order valence-corrected chi connectivity index (χ0v) is 16.4. The lowest BCUT2D eigenvalue weighted by Crippen LogP contribution is -2.49. The number of carbonyl (C=O) groups is 1. The standard InChI is InChI=1S/C18H21F2N5O3S/c19-14-4-1-5-15(20)16(14)17(26)21-8-3-13-29(27,28)25-11-9-24(10-12-25)18-22-6-2-7-23-18/h1-2,4-7H,3,8-13H2,(H,21,26). The molecule has 1 aliphatic heterocycles. The number of anilines is 1. The molecule has 1 amide bonds. The van der Waals surface area contributed by atoms with Crippen molar-refractivity contribution >= 4 is 21.9 Å². The van der Waals surface area contributed by atoms with Gasteiger partial charge >= 0.3 is 0 Å². The average Bonchev–Trinajstić information content (AvgIpc) is 2.72. The van der Waals surface area contributed by atoms with Gasteiger partial charge in [0.1, 0.15) is 17.2 Å². The summed E-state index contributed by atoms with van der Waals surface area (Å²) in [6.07, 6.45) is 3.39. The van der Waals surface area contributed by atoms with E-state index < -0.39 is 33.1 Å². The van der Waals surface area contributed by atoms with Crippen LogP contribution in [0.2, 0.25) is 0 Å². The highest BCUT2D eigenvalue weighted by atomic mass is 32.2. The maximum atomic E-state index is 13.6. The summed E-state index contributed by atoms with van der Waals surface area (Å²) in [6.45, 7) is 1.57. The van der Waals surface area contributed by atoms with Crippen LogP contribution in [0.4, 0.5) is 14.7 Å². The van der Waals surface area contributed by atoms with Crippen molar-refractivity contribution in [3.8, 4) is 0 Å². The minimum Gasteiger partial charge on any atom is -0.352 e. The Kier molecular flexibility index (Phi) is 6.70. The third kappa shape index (κ3) is 5.24. The van der Waals surface area contributed by atoms with Gasteiger partial charge in [0, 0.05) is 45.1 Å². The molecule has 0 atom stereocenters. The van der Waals surface area contributed by atoms with Gasteiger partial charge in [-0.25, -0.2) is 27.2 Å². The van der Waals surface area contributed by atoms with Crippen LogP contribution in [0.5, 0.6) is 0 Å². The molecule has 8 nitrogen and oxygen atoms in total. The van der Waals surface area contributed by atoms with Crippen molar-refractivity contribution in [2.75, 3.05) is 43.4 Å². The molecule has 0 aliphatic carbocycles. The summed E-state index contributed by atoms with van der Waals surface area (Å²) in [5.41, 5.74) is -0.672. The Morgan fingerprint density at radius 2 is 1.66 bits per heavy atom. The van der Waals surface area contributed by atoms with Gasteiger partial charge in [-0.3, -0.25) is 4.79 Å². The molecule has 11 heteroatoms. The quantitative estimate of drug-likeness (QED) is 0.666. The second-order valence-electron chi connectivity index (χ2n) is 6.46. The maximum Gasteiger partial charge on any atom is 0.257 e. The van der Waals surface area contributed by atoms with Crippen LogP contribution in [0.15, 0.2) is 36.7 Å². The van der Waals surface area contributed by atoms with Crippen molar-refractivity contribution in [3.05, 3.63) is 53.9 Å². The molecule has 1 N–H and O–H groups in total. The van der Waals surface area contributed by atoms with Crippen LogP contribution < -0.4 is 10.2 Å². The van der Waals surface area contributed by atoms with Crippen LogP contribution in [0.3, 0.4) is 0 Å². The van der Waals surface area contributed by atoms with Crippen LogP contribution in [0.25, 0.3) is 0 Å². The van der Waals surface area contributed by atoms with E-state index in [2.05, 4.69) is 15.3 Å². The minimum atomic E-state index is -3.50. The van der Waals surface area contributed by atoms with Crippen molar-refractivity contribution in [2.45, 2.75) is 6.42 Å². The van der Waals surface area contributed by atoms with Crippen molar-refractivity contribution < 1.29 is 22.0 Å². The molecule has 1 fully saturated rings. The Labute approximate surface area is 167 Å². The highest BCUT2D eigenvalue weighted by Gasteiger charge is 2.27. The summed E-state index contributed by atoms with van der Waals surface area (Å²) < 4.78 is 53.5. The van der Waals surface area contributed by atoms with Gasteiger partial charge in [0.15, 0.2) is 0 Å². The third-order valence-corrected chi connectivity index (χ3v) is 6.48. The molecule has 0 bridgehead atoms. The summed E-state index contributed by atoms with van der Waals surface area (Å²) >= 11 is 0. The third-order valence-electron chi connectivity index (χ3n) is 4.52. The van der Waals surface area contributed by atoms with Crippen molar-refractivity contribution in [1.29, 1.82) is 0 Å². The summed E-state index contributed by atoms with van der Waals surface area (Å²) in [5, 5.41) is 2.36. The Hall–Kier alpha value is -2.66. The fraction of sp³-hybridized carbons (Fsp3) is 0.389. The summed E-state index contributed by atoms with van der Waals surface area (Å²) in [6, 6.07) is 4.85. The van der Waals surface area contributed by atoms with Crippen LogP contribution >= 0.6 is 0 Å². The Morgan fingerprint density at radius 3 is 2.28 bits per heavy atom. The molecule has 3 rings (SSSR count). The Bertz CT molecular complexity index is 931. The number of sulfonamides is 1. The van der Waals surface area contributed by atoms with Gasteiger partial charge in [0.05, 0.1) is 5.75 Å². The first-order valence-corrected chi connectivity index (χ1v) is 10.7. The maximum absolute atomic E-state index is 13.6. The van der Waals surface area contributed by atoms with Gasteiger partial charge < -0.3 is 10.2 Å². The van der Waals surface area contributed by atoms with Gasteiger partial charge in [0.25, 0.3) is 5.91 Å². The molecular weight excluding hydrogens is 404 g/mol. The average molecular weight is 425 g/mol. The second-order valence-corrected chi connectivity index (χ2v) is 8.55. The van der Waals surface area contributed by atoms with E-state index in [0.717, 1.165) is 18.2 Å². The lowest BCUT2D eigenvalue weighted by atomic mass is 10.2. The SMILES string of the molecule is O=C(NCCCS(=O)(=O)N1CCN(c2ncccn2)CC1)c1c(F)cccc1F. The molecule has 0 unspecified atom stereocenters. The molecular formula is C18H21F2N5O3S. The second kappa shape index (κ2) is 9.23. The number of piperazine rings is 1. The predicted molar refractivity (Wildman–Crippen MR) is 103 cm³/mol. The Balaban J connectivity index is 1.45. The molecule has 2 aromatic rings. The van der Waals surface area contributed by atoms with Crippen molar-refractivity contribution in [3.63, 3.8) is 0 Å². The number of aromatic nitrogens is 2. The van der Waals surface area contributed by atoms with Crippen LogP contribution in [-0.4, -0.2) is 67.1 Å². The monoisotopic (exact) mass is 425 g/mol. The molecule has 29 heavy (non-hydrogen) atoms. The number of halogens is 2. The predicted octanol–water partition coefficient (Wildman–Crippen LogP) is 1.03. The molecule has 156 valence electrons. The van der Waals surface area contributed by atoms with E-state index in [9.17, 15) is 22.0 Å². The van der Waals surface area contributed by atoms with Gasteiger partial charge in [-0.05, 0) is 24.6 Å². The summed E-state index contributed by atoms with van der Waals surface area (Å²) in [4.78, 5) is 22.1. The summed E-state index contributed by atoms with van der Waals surface area (Å²) in [5.74, 6) is -2.44. The number of hydrogen-bond acceptors (Lipinski definition) is 6. The normalized spacial score (nSPS) is 15.3. The number of rotatable bonds is 7. The lowest BCUT2D eigenvalue weighted by Gasteiger charge is -2.33. The largest absolute Gasteiger partial charge is 0.352 e. The molecule has 1 saturated heterocycles. The Morgan fingerprint density at radius 1 is 1.03 bits per heavy atom. The van der Waals surface area contributed by atoms with Gasteiger partial charge in [-0.15, -0.1) is 0 Å². The van der Waals surface area contributed by atoms with E-state index in [1.54, 1.807) is 18.5 Å². The van der Waals surface area contributed by atoms with E-state index in [-0.39, 0.29) is 18.7 Å². The van der Waals surface area contributed by atoms with Crippen LogP contribution in [-0.2, 0) is 10.0 Å². The molecule has 0 spiro atoms. The fourth-order valence-corrected chi connectivity index (χ4v) is 4.50. The van der Waals surface area contributed by atoms with Crippen LogP contribution in [0, 0.1) is 11.6 Å². The molecule has 2 heterocycles. The first-order chi connectivity index (χ1) is 13.9. The van der Waals surface area contributed by atoms with E-state index in [0.29, 0.717) is 32.1 Å². The van der Waals surface area contributed by atoms with Gasteiger partial charge in [-0.2, -0.15) is 4.31 Å². The van der Waals surface area contributed by atoms with Crippen molar-refractivity contribution in [2.24, 2.45) is 0 Å². The summed E-state index contributed by atoms with van der Waals surface area (Å²) in [7, 11) is -3.50. The van der Waals surface area contributed by atoms with E-state index in [1.165, 1.54) is 4.31 Å².